The molecule has 112 valence electrons. The van der Waals surface area contributed by atoms with E-state index in [-0.39, 0.29) is 5.91 Å². The number of amides is 1. The number of nitrogens with one attached hydrogen (secondary N) is 1. The number of carbonyl (C=O) groups is 1. The molecule has 4 nitrogen and oxygen atoms in total. The monoisotopic (exact) mass is 303 g/mol. The second-order valence-corrected chi connectivity index (χ2v) is 5.36. The first-order valence-electron chi connectivity index (χ1n) is 7.33. The number of nitrogens with zero attached hydrogens (tertiary/aromatic N) is 2. The minimum Gasteiger partial charge on any atom is -0.352 e. The van der Waals surface area contributed by atoms with E-state index < -0.39 is 0 Å². The predicted molar refractivity (Wildman–Crippen MR) is 87.3 cm³/mol. The van der Waals surface area contributed by atoms with Crippen LogP contribution in [0.2, 0.25) is 0 Å². The third-order valence-corrected chi connectivity index (χ3v) is 3.65. The van der Waals surface area contributed by atoms with Gasteiger partial charge in [0.15, 0.2) is 5.16 Å². The van der Waals surface area contributed by atoms with Gasteiger partial charge in [0, 0.05) is 30.2 Å². The normalized spacial score (nSPS) is 10.6. The molecule has 0 aliphatic rings. The molecule has 0 aliphatic carbocycles. The summed E-state index contributed by atoms with van der Waals surface area (Å²) in [5, 5.41) is 3.57. The zero-order valence-electron chi connectivity index (χ0n) is 12.2. The maximum Gasteiger partial charge on any atom is 0.251 e. The molecule has 1 amide bonds. The number of unbranched alkanes of at least 4 members (excludes halogenated alkanes) is 3. The quantitative estimate of drug-likeness (QED) is 0.608. The van der Waals surface area contributed by atoms with Crippen molar-refractivity contribution in [3.05, 3.63) is 42.2 Å². The van der Waals surface area contributed by atoms with Crippen LogP contribution in [0.3, 0.4) is 0 Å². The average Bonchev–Trinajstić information content (AvgIpc) is 2.93. The van der Waals surface area contributed by atoms with Crippen molar-refractivity contribution in [1.82, 2.24) is 14.9 Å². The van der Waals surface area contributed by atoms with Crippen molar-refractivity contribution >= 4 is 18.5 Å². The highest BCUT2D eigenvalue weighted by Gasteiger charge is 2.07. The van der Waals surface area contributed by atoms with E-state index in [2.05, 4.69) is 29.9 Å². The number of rotatable bonds is 7. The van der Waals surface area contributed by atoms with E-state index in [0.717, 1.165) is 25.1 Å². The minimum absolute atomic E-state index is 0.0332. The van der Waals surface area contributed by atoms with Gasteiger partial charge < -0.3 is 5.32 Å². The van der Waals surface area contributed by atoms with Crippen molar-refractivity contribution in [2.45, 2.75) is 37.8 Å². The van der Waals surface area contributed by atoms with Crippen LogP contribution in [0.5, 0.6) is 0 Å². The van der Waals surface area contributed by atoms with Gasteiger partial charge in [0.05, 0.1) is 0 Å². The van der Waals surface area contributed by atoms with Gasteiger partial charge in [-0.25, -0.2) is 4.98 Å². The molecule has 1 N–H and O–H groups in total. The molecule has 0 aliphatic heterocycles. The molecular weight excluding hydrogens is 282 g/mol. The van der Waals surface area contributed by atoms with E-state index in [1.54, 1.807) is 6.20 Å². The van der Waals surface area contributed by atoms with E-state index in [4.69, 9.17) is 0 Å². The van der Waals surface area contributed by atoms with E-state index >= 15 is 0 Å². The lowest BCUT2D eigenvalue weighted by Gasteiger charge is -2.08. The van der Waals surface area contributed by atoms with Crippen molar-refractivity contribution in [3.8, 4) is 5.69 Å². The Bertz CT molecular complexity index is 595. The molecule has 0 saturated carbocycles. The zero-order chi connectivity index (χ0) is 15.1. The van der Waals surface area contributed by atoms with Gasteiger partial charge in [-0.2, -0.15) is 0 Å². The molecule has 1 aromatic carbocycles. The molecule has 0 atom stereocenters. The molecule has 21 heavy (non-hydrogen) atoms. The largest absolute Gasteiger partial charge is 0.352 e. The Labute approximate surface area is 131 Å². The predicted octanol–water partition coefficient (Wildman–Crippen LogP) is 3.47. The third kappa shape index (κ3) is 4.36. The van der Waals surface area contributed by atoms with Gasteiger partial charge in [-0.1, -0.05) is 32.3 Å². The van der Waals surface area contributed by atoms with Crippen molar-refractivity contribution in [2.24, 2.45) is 0 Å². The SMILES string of the molecule is CCCCCCNC(=O)c1cccc(-n2ccnc2S)c1. The van der Waals surface area contributed by atoms with Crippen molar-refractivity contribution < 1.29 is 4.79 Å². The first-order valence-corrected chi connectivity index (χ1v) is 7.78. The number of hydrogen-bond acceptors (Lipinski definition) is 3. The van der Waals surface area contributed by atoms with Gasteiger partial charge in [-0.05, 0) is 24.6 Å². The van der Waals surface area contributed by atoms with Crippen molar-refractivity contribution in [2.75, 3.05) is 6.54 Å². The highest BCUT2D eigenvalue weighted by molar-refractivity contribution is 7.80. The maximum absolute atomic E-state index is 12.1. The molecule has 0 bridgehead atoms. The fourth-order valence-electron chi connectivity index (χ4n) is 2.15. The summed E-state index contributed by atoms with van der Waals surface area (Å²) in [6.07, 6.45) is 8.12. The van der Waals surface area contributed by atoms with E-state index in [9.17, 15) is 4.79 Å². The zero-order valence-corrected chi connectivity index (χ0v) is 13.1. The average molecular weight is 303 g/mol. The summed E-state index contributed by atoms with van der Waals surface area (Å²) in [6.45, 7) is 2.90. The lowest BCUT2D eigenvalue weighted by atomic mass is 10.1. The summed E-state index contributed by atoms with van der Waals surface area (Å²) < 4.78 is 1.83. The van der Waals surface area contributed by atoms with Gasteiger partial charge in [0.1, 0.15) is 0 Å². The topological polar surface area (TPSA) is 46.9 Å². The molecule has 2 rings (SSSR count). The van der Waals surface area contributed by atoms with Crippen LogP contribution in [-0.2, 0) is 0 Å². The van der Waals surface area contributed by atoms with Crippen LogP contribution in [0.4, 0.5) is 0 Å². The van der Waals surface area contributed by atoms with Gasteiger partial charge in [0.25, 0.3) is 5.91 Å². The van der Waals surface area contributed by atoms with E-state index in [1.165, 1.54) is 12.8 Å². The minimum atomic E-state index is -0.0332. The molecule has 0 spiro atoms. The highest BCUT2D eigenvalue weighted by atomic mass is 32.1. The second-order valence-electron chi connectivity index (χ2n) is 4.96. The number of imidazole rings is 1. The van der Waals surface area contributed by atoms with Crippen LogP contribution in [0.15, 0.2) is 41.8 Å². The lowest BCUT2D eigenvalue weighted by molar-refractivity contribution is 0.0953. The lowest BCUT2D eigenvalue weighted by Crippen LogP contribution is -2.24. The fraction of sp³-hybridized carbons (Fsp3) is 0.375. The summed E-state index contributed by atoms with van der Waals surface area (Å²) in [4.78, 5) is 16.2. The Morgan fingerprint density at radius 3 is 2.90 bits per heavy atom. The second kappa shape index (κ2) is 7.88. The molecule has 1 aromatic heterocycles. The number of carbonyl (C=O) groups excluding carboxylic acids is 1. The molecule has 0 fully saturated rings. The Hall–Kier alpha value is -1.75. The van der Waals surface area contributed by atoms with Crippen LogP contribution in [0, 0.1) is 0 Å². The summed E-state index contributed by atoms with van der Waals surface area (Å²) in [5.41, 5.74) is 1.54. The van der Waals surface area contributed by atoms with Crippen molar-refractivity contribution in [3.63, 3.8) is 0 Å². The van der Waals surface area contributed by atoms with Crippen LogP contribution in [0.1, 0.15) is 43.0 Å². The number of hydrogen-bond donors (Lipinski definition) is 2. The standard InChI is InChI=1S/C16H21N3OS/c1-2-3-4-5-9-17-15(20)13-7-6-8-14(12-13)19-11-10-18-16(19)21/h6-8,10-12H,2-5,9H2,1H3,(H,17,20)(H,18,21). The first-order chi connectivity index (χ1) is 10.2. The van der Waals surface area contributed by atoms with Crippen LogP contribution < -0.4 is 5.32 Å². The van der Waals surface area contributed by atoms with E-state index in [1.807, 2.05) is 35.0 Å². The van der Waals surface area contributed by atoms with E-state index in [0.29, 0.717) is 10.7 Å². The molecule has 0 radical (unpaired) electrons. The molecule has 0 unspecified atom stereocenters. The summed E-state index contributed by atoms with van der Waals surface area (Å²) >= 11 is 4.29. The Kier molecular flexibility index (Phi) is 5.87. The van der Waals surface area contributed by atoms with Crippen LogP contribution in [-0.4, -0.2) is 22.0 Å². The number of aromatic nitrogens is 2. The van der Waals surface area contributed by atoms with Gasteiger partial charge in [-0.15, -0.1) is 12.6 Å². The molecule has 5 heteroatoms. The Morgan fingerprint density at radius 1 is 1.33 bits per heavy atom. The molecule has 2 aromatic rings. The van der Waals surface area contributed by atoms with Crippen LogP contribution in [0.25, 0.3) is 5.69 Å². The number of thiol groups is 1. The summed E-state index contributed by atoms with van der Waals surface area (Å²) in [5.74, 6) is -0.0332. The number of benzene rings is 1. The highest BCUT2D eigenvalue weighted by Crippen LogP contribution is 2.15. The Balaban J connectivity index is 1.97. The summed E-state index contributed by atoms with van der Waals surface area (Å²) in [6, 6.07) is 7.47. The fourth-order valence-corrected chi connectivity index (χ4v) is 2.40. The first kappa shape index (κ1) is 15.6. The summed E-state index contributed by atoms with van der Waals surface area (Å²) in [7, 11) is 0. The van der Waals surface area contributed by atoms with Gasteiger partial charge in [-0.3, -0.25) is 9.36 Å². The molecular formula is C16H21N3OS. The molecule has 0 saturated heterocycles. The molecule has 1 heterocycles. The maximum atomic E-state index is 12.1. The smallest absolute Gasteiger partial charge is 0.251 e. The van der Waals surface area contributed by atoms with Gasteiger partial charge >= 0.3 is 0 Å². The third-order valence-electron chi connectivity index (χ3n) is 3.32. The van der Waals surface area contributed by atoms with Crippen molar-refractivity contribution in [1.29, 1.82) is 0 Å². The van der Waals surface area contributed by atoms with Crippen LogP contribution >= 0.6 is 12.6 Å². The van der Waals surface area contributed by atoms with Gasteiger partial charge in [0.2, 0.25) is 0 Å². The Morgan fingerprint density at radius 2 is 2.19 bits per heavy atom.